The van der Waals surface area contributed by atoms with Gasteiger partial charge in [-0.25, -0.2) is 4.98 Å². The van der Waals surface area contributed by atoms with Gasteiger partial charge in [0.2, 0.25) is 0 Å². The number of thiazole rings is 1. The van der Waals surface area contributed by atoms with E-state index in [1.165, 1.54) is 11.3 Å². The van der Waals surface area contributed by atoms with Crippen LogP contribution in [-0.4, -0.2) is 28.5 Å². The molecule has 1 aromatic heterocycles. The number of carbonyl (C=O) groups excluding carboxylic acids is 1. The summed E-state index contributed by atoms with van der Waals surface area (Å²) >= 11 is 1.52. The number of carboxylic acids is 1. The minimum atomic E-state index is -1.00. The number of benzene rings is 1. The van der Waals surface area contributed by atoms with Gasteiger partial charge in [0.05, 0.1) is 5.41 Å². The van der Waals surface area contributed by atoms with Crippen LogP contribution in [0.3, 0.4) is 0 Å². The molecule has 6 heteroatoms. The molecule has 0 atom stereocenters. The van der Waals surface area contributed by atoms with Crippen molar-refractivity contribution >= 4 is 23.2 Å². The maximum atomic E-state index is 12.2. The maximum Gasteiger partial charge on any atom is 0.310 e. The van der Waals surface area contributed by atoms with Crippen molar-refractivity contribution in [3.63, 3.8) is 0 Å². The molecule has 2 N–H and O–H groups in total. The van der Waals surface area contributed by atoms with Crippen molar-refractivity contribution < 1.29 is 14.7 Å². The van der Waals surface area contributed by atoms with E-state index in [0.717, 1.165) is 16.3 Å². The lowest BCUT2D eigenvalue weighted by molar-refractivity contribution is -0.146. The molecule has 0 saturated carbocycles. The summed E-state index contributed by atoms with van der Waals surface area (Å²) in [6.45, 7) is 5.14. The highest BCUT2D eigenvalue weighted by molar-refractivity contribution is 7.13. The smallest absolute Gasteiger partial charge is 0.310 e. The average molecular weight is 318 g/mol. The van der Waals surface area contributed by atoms with Crippen LogP contribution in [0.2, 0.25) is 0 Å². The molecule has 0 radical (unpaired) electrons. The van der Waals surface area contributed by atoms with Gasteiger partial charge >= 0.3 is 5.97 Å². The number of hydrogen-bond donors (Lipinski definition) is 2. The molecule has 5 nitrogen and oxygen atoms in total. The van der Waals surface area contributed by atoms with Crippen LogP contribution >= 0.6 is 11.3 Å². The first kappa shape index (κ1) is 16.2. The van der Waals surface area contributed by atoms with E-state index in [1.54, 1.807) is 32.0 Å². The Balaban J connectivity index is 2.13. The standard InChI is InChI=1S/C16H18N2O3S/c1-10-8-22-14(18-10)12-6-4-5-11(7-12)13(19)17-9-16(2,3)15(20)21/h4-8H,9H2,1-3H3,(H,17,19)(H,20,21). The highest BCUT2D eigenvalue weighted by Gasteiger charge is 2.27. The van der Waals surface area contributed by atoms with E-state index < -0.39 is 11.4 Å². The molecule has 0 aliphatic carbocycles. The molecule has 0 saturated heterocycles. The fourth-order valence-corrected chi connectivity index (χ4v) is 2.55. The number of nitrogens with one attached hydrogen (secondary N) is 1. The molecule has 22 heavy (non-hydrogen) atoms. The summed E-state index contributed by atoms with van der Waals surface area (Å²) in [6.07, 6.45) is 0. The molecule has 0 aliphatic heterocycles. The van der Waals surface area contributed by atoms with Crippen molar-refractivity contribution in [3.8, 4) is 10.6 Å². The van der Waals surface area contributed by atoms with Crippen LogP contribution in [0.15, 0.2) is 29.6 Å². The number of aryl methyl sites for hydroxylation is 1. The van der Waals surface area contributed by atoms with Crippen LogP contribution in [0.4, 0.5) is 0 Å². The van der Waals surface area contributed by atoms with Crippen molar-refractivity contribution in [2.75, 3.05) is 6.54 Å². The fraction of sp³-hybridized carbons (Fsp3) is 0.312. The van der Waals surface area contributed by atoms with E-state index in [4.69, 9.17) is 5.11 Å². The molecule has 116 valence electrons. The molecule has 0 spiro atoms. The van der Waals surface area contributed by atoms with E-state index in [9.17, 15) is 9.59 Å². The minimum absolute atomic E-state index is 0.0712. The number of carboxylic acid groups (broad SMARTS) is 1. The first-order chi connectivity index (χ1) is 10.3. The monoisotopic (exact) mass is 318 g/mol. The first-order valence-corrected chi connectivity index (χ1v) is 7.72. The molecule has 0 fully saturated rings. The highest BCUT2D eigenvalue weighted by Crippen LogP contribution is 2.24. The van der Waals surface area contributed by atoms with Crippen LogP contribution in [0.1, 0.15) is 29.9 Å². The molecular formula is C16H18N2O3S. The number of amides is 1. The third-order valence-corrected chi connectivity index (χ3v) is 4.27. The Kier molecular flexibility index (Phi) is 4.61. The number of aromatic nitrogens is 1. The lowest BCUT2D eigenvalue weighted by Crippen LogP contribution is -2.38. The zero-order valence-electron chi connectivity index (χ0n) is 12.7. The van der Waals surface area contributed by atoms with Crippen LogP contribution in [-0.2, 0) is 4.79 Å². The van der Waals surface area contributed by atoms with Gasteiger partial charge < -0.3 is 10.4 Å². The summed E-state index contributed by atoms with van der Waals surface area (Å²) in [5.74, 6) is -1.23. The number of aliphatic carboxylic acids is 1. The maximum absolute atomic E-state index is 12.2. The molecular weight excluding hydrogens is 300 g/mol. The summed E-state index contributed by atoms with van der Waals surface area (Å²) in [5.41, 5.74) is 1.31. The van der Waals surface area contributed by atoms with Gasteiger partial charge in [-0.3, -0.25) is 9.59 Å². The van der Waals surface area contributed by atoms with Crippen molar-refractivity contribution in [3.05, 3.63) is 40.9 Å². The lowest BCUT2D eigenvalue weighted by atomic mass is 9.94. The molecule has 0 unspecified atom stereocenters. The second-order valence-electron chi connectivity index (χ2n) is 5.75. The summed E-state index contributed by atoms with van der Waals surface area (Å²) in [6, 6.07) is 7.16. The molecule has 0 bridgehead atoms. The first-order valence-electron chi connectivity index (χ1n) is 6.84. The Morgan fingerprint density at radius 2 is 2.09 bits per heavy atom. The zero-order chi connectivity index (χ0) is 16.3. The van der Waals surface area contributed by atoms with Crippen LogP contribution < -0.4 is 5.32 Å². The van der Waals surface area contributed by atoms with E-state index in [-0.39, 0.29) is 12.5 Å². The van der Waals surface area contributed by atoms with Crippen molar-refractivity contribution in [1.29, 1.82) is 0 Å². The second kappa shape index (κ2) is 6.27. The van der Waals surface area contributed by atoms with Crippen molar-refractivity contribution in [1.82, 2.24) is 10.3 Å². The van der Waals surface area contributed by atoms with Gasteiger partial charge in [0.1, 0.15) is 5.01 Å². The van der Waals surface area contributed by atoms with Crippen molar-refractivity contribution in [2.24, 2.45) is 5.41 Å². The minimum Gasteiger partial charge on any atom is -0.481 e. The Hall–Kier alpha value is -2.21. The Bertz CT molecular complexity index is 707. The van der Waals surface area contributed by atoms with E-state index >= 15 is 0 Å². The summed E-state index contributed by atoms with van der Waals surface area (Å²) < 4.78 is 0. The van der Waals surface area contributed by atoms with Gasteiger partial charge in [0, 0.05) is 28.7 Å². The number of hydrogen-bond acceptors (Lipinski definition) is 4. The third kappa shape index (κ3) is 3.71. The van der Waals surface area contributed by atoms with Gasteiger partial charge in [-0.05, 0) is 32.9 Å². The van der Waals surface area contributed by atoms with Gasteiger partial charge in [-0.1, -0.05) is 12.1 Å². The van der Waals surface area contributed by atoms with Crippen molar-refractivity contribution in [2.45, 2.75) is 20.8 Å². The van der Waals surface area contributed by atoms with Gasteiger partial charge in [-0.2, -0.15) is 0 Å². The second-order valence-corrected chi connectivity index (χ2v) is 6.60. The normalized spacial score (nSPS) is 11.2. The summed E-state index contributed by atoms with van der Waals surface area (Å²) in [5, 5.41) is 14.5. The molecule has 2 rings (SSSR count). The number of nitrogens with zero attached hydrogens (tertiary/aromatic N) is 1. The highest BCUT2D eigenvalue weighted by atomic mass is 32.1. The van der Waals surface area contributed by atoms with E-state index in [2.05, 4.69) is 10.3 Å². The summed E-state index contributed by atoms with van der Waals surface area (Å²) in [7, 11) is 0. The predicted octanol–water partition coefficient (Wildman–Crippen LogP) is 2.96. The molecule has 0 aliphatic rings. The predicted molar refractivity (Wildman–Crippen MR) is 86.0 cm³/mol. The fourth-order valence-electron chi connectivity index (χ4n) is 1.76. The third-order valence-electron chi connectivity index (χ3n) is 3.26. The number of rotatable bonds is 5. The number of carbonyl (C=O) groups is 2. The average Bonchev–Trinajstić information content (AvgIpc) is 2.91. The van der Waals surface area contributed by atoms with Crippen LogP contribution in [0.5, 0.6) is 0 Å². The Labute approximate surface area is 133 Å². The van der Waals surface area contributed by atoms with Gasteiger partial charge in [0.15, 0.2) is 0 Å². The molecule has 1 aromatic carbocycles. The quantitative estimate of drug-likeness (QED) is 0.888. The summed E-state index contributed by atoms with van der Waals surface area (Å²) in [4.78, 5) is 27.6. The Morgan fingerprint density at radius 3 is 2.68 bits per heavy atom. The topological polar surface area (TPSA) is 79.3 Å². The SMILES string of the molecule is Cc1csc(-c2cccc(C(=O)NCC(C)(C)C(=O)O)c2)n1. The largest absolute Gasteiger partial charge is 0.481 e. The lowest BCUT2D eigenvalue weighted by Gasteiger charge is -2.19. The van der Waals surface area contributed by atoms with E-state index in [0.29, 0.717) is 5.56 Å². The molecule has 2 aromatic rings. The van der Waals surface area contributed by atoms with Gasteiger partial charge in [0.25, 0.3) is 5.91 Å². The van der Waals surface area contributed by atoms with Crippen LogP contribution in [0, 0.1) is 12.3 Å². The zero-order valence-corrected chi connectivity index (χ0v) is 13.5. The molecule has 1 amide bonds. The molecule has 1 heterocycles. The van der Waals surface area contributed by atoms with Gasteiger partial charge in [-0.15, -0.1) is 11.3 Å². The Morgan fingerprint density at radius 1 is 1.36 bits per heavy atom. The van der Waals surface area contributed by atoms with E-state index in [1.807, 2.05) is 18.4 Å². The van der Waals surface area contributed by atoms with Crippen LogP contribution in [0.25, 0.3) is 10.6 Å².